The van der Waals surface area contributed by atoms with Gasteiger partial charge in [-0.15, -0.1) is 0 Å². The van der Waals surface area contributed by atoms with Crippen molar-refractivity contribution in [1.29, 1.82) is 0 Å². The van der Waals surface area contributed by atoms with Crippen molar-refractivity contribution in [2.45, 2.75) is 70.4 Å². The molecule has 212 valence electrons. The van der Waals surface area contributed by atoms with E-state index in [0.717, 1.165) is 6.07 Å². The molecule has 2 saturated heterocycles. The van der Waals surface area contributed by atoms with Gasteiger partial charge in [0.25, 0.3) is 0 Å². The van der Waals surface area contributed by atoms with Crippen molar-refractivity contribution in [2.24, 2.45) is 0 Å². The number of nitrogens with two attached hydrogens (primary N) is 1. The van der Waals surface area contributed by atoms with Crippen LogP contribution in [0.25, 0.3) is 22.0 Å². The zero-order chi connectivity index (χ0) is 28.9. The standard InChI is InChI=1S/C27H28F4N6O3/c1-10-11(2)34-23-18-17(10)20(28)21(14-8-16(32)33-12(3)19(14)27(29,30)31)35-24(18)40-13(4)22-15-6-7-26(36-15,9-37(22)23)25(38)39-5/h8,13,15,22,36H,6-7,9H2,1-5H3,(H2,32,33)/t13?,15-,22+,26+/m0/s1. The highest BCUT2D eigenvalue weighted by molar-refractivity contribution is 6.02. The third kappa shape index (κ3) is 3.62. The van der Waals surface area contributed by atoms with Crippen LogP contribution in [0.1, 0.15) is 42.3 Å². The Labute approximate surface area is 227 Å². The Bertz CT molecular complexity index is 1600. The van der Waals surface area contributed by atoms with E-state index in [1.165, 1.54) is 14.0 Å². The molecule has 13 heteroatoms. The van der Waals surface area contributed by atoms with Gasteiger partial charge in [-0.05, 0) is 52.2 Å². The molecule has 2 fully saturated rings. The Morgan fingerprint density at radius 1 is 1.20 bits per heavy atom. The van der Waals surface area contributed by atoms with E-state index in [1.807, 2.05) is 11.8 Å². The number of aryl methyl sites for hydroxylation is 3. The number of carbonyl (C=O) groups is 1. The Morgan fingerprint density at radius 3 is 2.60 bits per heavy atom. The third-order valence-electron chi connectivity index (χ3n) is 8.46. The van der Waals surface area contributed by atoms with Crippen LogP contribution in [0.4, 0.5) is 29.2 Å². The molecule has 0 aromatic carbocycles. The second-order valence-corrected chi connectivity index (χ2v) is 10.8. The molecule has 3 N–H and O–H groups in total. The first kappa shape index (κ1) is 26.5. The van der Waals surface area contributed by atoms with Crippen molar-refractivity contribution in [3.63, 3.8) is 0 Å². The number of hydrogen-bond acceptors (Lipinski definition) is 9. The highest BCUT2D eigenvalue weighted by Gasteiger charge is 2.57. The maximum atomic E-state index is 16.5. The number of nitrogens with one attached hydrogen (secondary N) is 1. The van der Waals surface area contributed by atoms with E-state index >= 15 is 4.39 Å². The molecule has 0 aliphatic carbocycles. The molecule has 6 rings (SSSR count). The molecule has 1 unspecified atom stereocenters. The van der Waals surface area contributed by atoms with Crippen LogP contribution in [0.2, 0.25) is 0 Å². The summed E-state index contributed by atoms with van der Waals surface area (Å²) in [5.74, 6) is -1.23. The summed E-state index contributed by atoms with van der Waals surface area (Å²) in [7, 11) is 1.33. The van der Waals surface area contributed by atoms with Gasteiger partial charge in [-0.1, -0.05) is 0 Å². The quantitative estimate of drug-likeness (QED) is 0.355. The van der Waals surface area contributed by atoms with Gasteiger partial charge in [0.15, 0.2) is 5.82 Å². The Hall–Kier alpha value is -3.74. The smallest absolute Gasteiger partial charge is 0.418 e. The van der Waals surface area contributed by atoms with Gasteiger partial charge in [-0.2, -0.15) is 13.2 Å². The number of anilines is 2. The molecule has 6 heterocycles. The molecular formula is C27H28F4N6O3. The summed E-state index contributed by atoms with van der Waals surface area (Å²) < 4.78 is 70.6. The number of rotatable bonds is 2. The number of aromatic nitrogens is 3. The number of nitrogen functional groups attached to an aromatic ring is 1. The molecule has 3 aromatic rings. The first-order chi connectivity index (χ1) is 18.8. The van der Waals surface area contributed by atoms with Crippen LogP contribution in [-0.2, 0) is 15.7 Å². The molecule has 3 aliphatic rings. The molecule has 0 amide bonds. The fourth-order valence-electron chi connectivity index (χ4n) is 6.65. The molecule has 0 radical (unpaired) electrons. The Morgan fingerprint density at radius 2 is 1.93 bits per heavy atom. The first-order valence-electron chi connectivity index (χ1n) is 12.9. The minimum absolute atomic E-state index is 0.0388. The molecule has 0 saturated carbocycles. The van der Waals surface area contributed by atoms with E-state index in [2.05, 4.69) is 15.3 Å². The molecule has 4 atom stereocenters. The van der Waals surface area contributed by atoms with Gasteiger partial charge in [0.2, 0.25) is 5.88 Å². The summed E-state index contributed by atoms with van der Waals surface area (Å²) in [5.41, 5.74) is 3.19. The van der Waals surface area contributed by atoms with Crippen LogP contribution in [0, 0.1) is 26.6 Å². The number of ether oxygens (including phenoxy) is 2. The number of alkyl halides is 3. The predicted octanol–water partition coefficient (Wildman–Crippen LogP) is 3.99. The molecule has 40 heavy (non-hydrogen) atoms. The average molecular weight is 561 g/mol. The van der Waals surface area contributed by atoms with Crippen molar-refractivity contribution in [1.82, 2.24) is 20.3 Å². The number of fused-ring (bicyclic) bond motifs is 5. The van der Waals surface area contributed by atoms with Crippen LogP contribution in [0.5, 0.6) is 5.88 Å². The zero-order valence-electron chi connectivity index (χ0n) is 22.5. The number of esters is 1. The molecule has 3 aromatic heterocycles. The second kappa shape index (κ2) is 8.63. The summed E-state index contributed by atoms with van der Waals surface area (Å²) in [5, 5.41) is 3.71. The van der Waals surface area contributed by atoms with Crippen molar-refractivity contribution in [2.75, 3.05) is 24.3 Å². The summed E-state index contributed by atoms with van der Waals surface area (Å²) in [6.45, 7) is 6.54. The lowest BCUT2D eigenvalue weighted by molar-refractivity contribution is -0.148. The number of hydrogen-bond donors (Lipinski definition) is 2. The average Bonchev–Trinajstić information content (AvgIpc) is 3.16. The van der Waals surface area contributed by atoms with Gasteiger partial charge in [0.1, 0.15) is 29.0 Å². The summed E-state index contributed by atoms with van der Waals surface area (Å²) >= 11 is 0. The van der Waals surface area contributed by atoms with Gasteiger partial charge in [-0.3, -0.25) is 5.32 Å². The van der Waals surface area contributed by atoms with E-state index in [9.17, 15) is 18.0 Å². The van der Waals surface area contributed by atoms with Crippen LogP contribution in [-0.4, -0.2) is 58.3 Å². The SMILES string of the molecule is COC(=O)[C@]12CC[C@H](N1)[C@H]1C(C)Oc3nc(-c4cc(N)nc(C)c4C(F)(F)F)c(F)c4c(C)c(C)nc(c34)N1C2. The van der Waals surface area contributed by atoms with Gasteiger partial charge in [-0.25, -0.2) is 24.1 Å². The fourth-order valence-corrected chi connectivity index (χ4v) is 6.65. The highest BCUT2D eigenvalue weighted by atomic mass is 19.4. The number of carbonyl (C=O) groups excluding carboxylic acids is 1. The normalized spacial score (nSPS) is 25.4. The maximum absolute atomic E-state index is 16.5. The van der Waals surface area contributed by atoms with Crippen LogP contribution in [0.3, 0.4) is 0 Å². The van der Waals surface area contributed by atoms with Gasteiger partial charge < -0.3 is 20.1 Å². The van der Waals surface area contributed by atoms with Crippen molar-refractivity contribution in [3.8, 4) is 17.1 Å². The summed E-state index contributed by atoms with van der Waals surface area (Å²) in [6.07, 6.45) is -4.18. The van der Waals surface area contributed by atoms with Crippen molar-refractivity contribution >= 4 is 28.4 Å². The van der Waals surface area contributed by atoms with Crippen LogP contribution in [0.15, 0.2) is 6.07 Å². The van der Waals surface area contributed by atoms with Crippen LogP contribution < -0.4 is 20.7 Å². The Balaban J connectivity index is 1.66. The van der Waals surface area contributed by atoms with Crippen molar-refractivity contribution < 1.29 is 31.8 Å². The lowest BCUT2D eigenvalue weighted by Crippen LogP contribution is -2.70. The van der Waals surface area contributed by atoms with E-state index in [0.29, 0.717) is 29.9 Å². The second-order valence-electron chi connectivity index (χ2n) is 10.8. The third-order valence-corrected chi connectivity index (χ3v) is 8.46. The van der Waals surface area contributed by atoms with E-state index < -0.39 is 46.4 Å². The Kier molecular flexibility index (Phi) is 5.71. The topological polar surface area (TPSA) is 115 Å². The minimum Gasteiger partial charge on any atom is -0.472 e. The zero-order valence-corrected chi connectivity index (χ0v) is 22.5. The molecule has 0 spiro atoms. The monoisotopic (exact) mass is 560 g/mol. The lowest BCUT2D eigenvalue weighted by Gasteiger charge is -2.46. The van der Waals surface area contributed by atoms with E-state index in [1.54, 1.807) is 13.8 Å². The van der Waals surface area contributed by atoms with E-state index in [-0.39, 0.29) is 46.8 Å². The van der Waals surface area contributed by atoms with Gasteiger partial charge in [0.05, 0.1) is 29.8 Å². The minimum atomic E-state index is -4.84. The van der Waals surface area contributed by atoms with Crippen molar-refractivity contribution in [3.05, 3.63) is 34.4 Å². The summed E-state index contributed by atoms with van der Waals surface area (Å²) in [6, 6.07) is 0.485. The molecular weight excluding hydrogens is 532 g/mol. The molecule has 2 bridgehead atoms. The maximum Gasteiger partial charge on any atom is 0.418 e. The van der Waals surface area contributed by atoms with Gasteiger partial charge >= 0.3 is 12.1 Å². The highest BCUT2D eigenvalue weighted by Crippen LogP contribution is 2.48. The number of piperazine rings is 1. The number of halogens is 4. The first-order valence-corrected chi connectivity index (χ1v) is 12.9. The number of pyridine rings is 3. The van der Waals surface area contributed by atoms with E-state index in [4.69, 9.17) is 20.2 Å². The number of methoxy groups -OCH3 is 1. The van der Waals surface area contributed by atoms with Crippen LogP contribution >= 0.6 is 0 Å². The summed E-state index contributed by atoms with van der Waals surface area (Å²) in [4.78, 5) is 27.7. The van der Waals surface area contributed by atoms with Gasteiger partial charge in [0, 0.05) is 29.2 Å². The predicted molar refractivity (Wildman–Crippen MR) is 138 cm³/mol. The fraction of sp³-hybridized carbons (Fsp3) is 0.481. The molecule has 9 nitrogen and oxygen atoms in total. The molecule has 3 aliphatic heterocycles. The number of nitrogens with zero attached hydrogens (tertiary/aromatic N) is 4. The largest absolute Gasteiger partial charge is 0.472 e. The lowest BCUT2D eigenvalue weighted by atomic mass is 9.93.